The average Bonchev–Trinajstić information content (AvgIpc) is 2.36. The molecular weight excluding hydrogens is 286 g/mol. The van der Waals surface area contributed by atoms with Crippen molar-refractivity contribution in [3.05, 3.63) is 58.7 Å². The van der Waals surface area contributed by atoms with Gasteiger partial charge in [0.1, 0.15) is 0 Å². The molecule has 0 amide bonds. The van der Waals surface area contributed by atoms with Crippen molar-refractivity contribution in [3.8, 4) is 0 Å². The molecule has 0 radical (unpaired) electrons. The largest absolute Gasteiger partial charge is 0.229 e. The first-order valence-electron chi connectivity index (χ1n) is 6.52. The average molecular weight is 304 g/mol. The van der Waals surface area contributed by atoms with Crippen LogP contribution in [0.25, 0.3) is 0 Å². The fraction of sp³-hybridized carbons (Fsp3) is 0.235. The highest BCUT2D eigenvalue weighted by molar-refractivity contribution is 8.16. The van der Waals surface area contributed by atoms with Crippen molar-refractivity contribution >= 4 is 33.6 Å². The lowest BCUT2D eigenvalue weighted by Crippen LogP contribution is -1.90. The predicted molar refractivity (Wildman–Crippen MR) is 90.6 cm³/mol. The van der Waals surface area contributed by atoms with Gasteiger partial charge in [-0.3, -0.25) is 0 Å². The second-order valence-electron chi connectivity index (χ2n) is 5.03. The summed E-state index contributed by atoms with van der Waals surface area (Å²) in [5, 5.41) is 0. The Bertz CT molecular complexity index is 622. The number of halogens is 1. The van der Waals surface area contributed by atoms with E-state index >= 15 is 0 Å². The summed E-state index contributed by atoms with van der Waals surface area (Å²) in [5.41, 5.74) is 5.86. The Morgan fingerprint density at radius 2 is 1.45 bits per heavy atom. The van der Waals surface area contributed by atoms with Gasteiger partial charge in [0.15, 0.2) is 4.50 Å². The van der Waals surface area contributed by atoms with Crippen LogP contribution in [0.15, 0.2) is 46.3 Å². The highest BCUT2D eigenvalue weighted by Gasteiger charge is 2.07. The van der Waals surface area contributed by atoms with Gasteiger partial charge in [0.2, 0.25) is 0 Å². The van der Waals surface area contributed by atoms with Crippen LogP contribution in [0.2, 0.25) is 0 Å². The zero-order chi connectivity index (χ0) is 14.7. The number of aliphatic imine (C=N–C) groups is 1. The Kier molecular flexibility index (Phi) is 4.90. The van der Waals surface area contributed by atoms with E-state index in [1.165, 1.54) is 38.9 Å². The van der Waals surface area contributed by atoms with Crippen LogP contribution in [0.3, 0.4) is 0 Å². The molecule has 20 heavy (non-hydrogen) atoms. The van der Waals surface area contributed by atoms with Crippen LogP contribution in [0.5, 0.6) is 0 Å². The van der Waals surface area contributed by atoms with Gasteiger partial charge < -0.3 is 0 Å². The summed E-state index contributed by atoms with van der Waals surface area (Å²) in [6.45, 7) is 8.38. The third-order valence-corrected chi connectivity index (χ3v) is 4.47. The summed E-state index contributed by atoms with van der Waals surface area (Å²) < 4.78 is 0.545. The van der Waals surface area contributed by atoms with Crippen LogP contribution < -0.4 is 0 Å². The van der Waals surface area contributed by atoms with Gasteiger partial charge in [-0.1, -0.05) is 58.8 Å². The summed E-state index contributed by atoms with van der Waals surface area (Å²) in [7, 11) is 0. The molecule has 0 atom stereocenters. The lowest BCUT2D eigenvalue weighted by molar-refractivity contribution is 1.19. The van der Waals surface area contributed by atoms with Crippen LogP contribution in [0, 0.1) is 27.7 Å². The first kappa shape index (κ1) is 15.1. The molecule has 0 bridgehead atoms. The van der Waals surface area contributed by atoms with Crippen LogP contribution in [-0.4, -0.2) is 4.50 Å². The molecule has 0 aliphatic heterocycles. The fourth-order valence-corrected chi connectivity index (χ4v) is 3.24. The van der Waals surface area contributed by atoms with Crippen LogP contribution in [0.1, 0.15) is 22.3 Å². The van der Waals surface area contributed by atoms with E-state index in [1.807, 2.05) is 24.3 Å². The summed E-state index contributed by atoms with van der Waals surface area (Å²) in [6.07, 6.45) is 0. The van der Waals surface area contributed by atoms with Gasteiger partial charge in [-0.2, -0.15) is 0 Å². The summed E-state index contributed by atoms with van der Waals surface area (Å²) >= 11 is 7.81. The maximum Gasteiger partial charge on any atom is 0.168 e. The molecule has 3 heteroatoms. The molecule has 0 saturated carbocycles. The topological polar surface area (TPSA) is 12.4 Å². The van der Waals surface area contributed by atoms with Gasteiger partial charge in [-0.15, -0.1) is 0 Å². The Balaban J connectivity index is 2.23. The number of benzene rings is 2. The Morgan fingerprint density at radius 3 is 2.00 bits per heavy atom. The van der Waals surface area contributed by atoms with Gasteiger partial charge in [0.25, 0.3) is 0 Å². The molecule has 0 N–H and O–H groups in total. The van der Waals surface area contributed by atoms with Crippen LogP contribution in [0.4, 0.5) is 5.69 Å². The number of thioether (sulfide) groups is 1. The smallest absolute Gasteiger partial charge is 0.168 e. The molecule has 2 aromatic rings. The zero-order valence-corrected chi connectivity index (χ0v) is 13.8. The SMILES string of the molecule is Cc1ccc(N=C(Cl)Sc2c(C)cc(C)cc2C)cc1. The third kappa shape index (κ3) is 3.87. The van der Waals surface area contributed by atoms with Gasteiger partial charge >= 0.3 is 0 Å². The maximum absolute atomic E-state index is 6.29. The van der Waals surface area contributed by atoms with Crippen molar-refractivity contribution in [1.82, 2.24) is 0 Å². The standard InChI is InChI=1S/C17H18ClNS/c1-11-5-7-15(8-6-11)19-17(18)20-16-13(3)9-12(2)10-14(16)4/h5-10H,1-4H3. The van der Waals surface area contributed by atoms with Crippen molar-refractivity contribution in [2.45, 2.75) is 32.6 Å². The second kappa shape index (κ2) is 6.47. The van der Waals surface area contributed by atoms with Gasteiger partial charge in [0, 0.05) is 4.90 Å². The molecule has 0 aliphatic carbocycles. The lowest BCUT2D eigenvalue weighted by atomic mass is 10.1. The minimum atomic E-state index is 0.545. The molecule has 0 saturated heterocycles. The van der Waals surface area contributed by atoms with Crippen molar-refractivity contribution < 1.29 is 0 Å². The van der Waals surface area contributed by atoms with E-state index in [4.69, 9.17) is 11.6 Å². The van der Waals surface area contributed by atoms with Gasteiger partial charge in [-0.25, -0.2) is 4.99 Å². The molecule has 1 nitrogen and oxygen atoms in total. The minimum Gasteiger partial charge on any atom is -0.229 e. The van der Waals surface area contributed by atoms with E-state index in [9.17, 15) is 0 Å². The Hall–Kier alpha value is -1.25. The van der Waals surface area contributed by atoms with Gasteiger partial charge in [-0.05, 0) is 51.0 Å². The summed E-state index contributed by atoms with van der Waals surface area (Å²) in [4.78, 5) is 5.64. The maximum atomic E-state index is 6.29. The number of rotatable bonds is 2. The summed E-state index contributed by atoms with van der Waals surface area (Å²) in [6, 6.07) is 12.4. The molecule has 0 unspecified atom stereocenters. The van der Waals surface area contributed by atoms with Crippen molar-refractivity contribution in [3.63, 3.8) is 0 Å². The van der Waals surface area contributed by atoms with Crippen LogP contribution in [-0.2, 0) is 0 Å². The number of hydrogen-bond acceptors (Lipinski definition) is 2. The normalized spacial score (nSPS) is 11.8. The molecule has 0 fully saturated rings. The van der Waals surface area contributed by atoms with Crippen LogP contribution >= 0.6 is 23.4 Å². The van der Waals surface area contributed by atoms with E-state index in [0.29, 0.717) is 4.50 Å². The Morgan fingerprint density at radius 1 is 0.900 bits per heavy atom. The van der Waals surface area contributed by atoms with E-state index in [2.05, 4.69) is 44.8 Å². The Labute approximate surface area is 130 Å². The van der Waals surface area contributed by atoms with E-state index in [-0.39, 0.29) is 0 Å². The highest BCUT2D eigenvalue weighted by atomic mass is 35.5. The summed E-state index contributed by atoms with van der Waals surface area (Å²) in [5.74, 6) is 0. The molecule has 104 valence electrons. The van der Waals surface area contributed by atoms with Crippen molar-refractivity contribution in [1.29, 1.82) is 0 Å². The first-order valence-corrected chi connectivity index (χ1v) is 7.71. The van der Waals surface area contributed by atoms with Crippen molar-refractivity contribution in [2.24, 2.45) is 4.99 Å². The molecular formula is C17H18ClNS. The fourth-order valence-electron chi connectivity index (χ4n) is 2.16. The molecule has 2 rings (SSSR count). The van der Waals surface area contributed by atoms with E-state index in [0.717, 1.165) is 5.69 Å². The quantitative estimate of drug-likeness (QED) is 0.380. The van der Waals surface area contributed by atoms with Gasteiger partial charge in [0.05, 0.1) is 5.69 Å². The van der Waals surface area contributed by atoms with E-state index in [1.54, 1.807) is 0 Å². The minimum absolute atomic E-state index is 0.545. The molecule has 0 heterocycles. The van der Waals surface area contributed by atoms with E-state index < -0.39 is 0 Å². The predicted octanol–water partition coefficient (Wildman–Crippen LogP) is 5.94. The monoisotopic (exact) mass is 303 g/mol. The zero-order valence-electron chi connectivity index (χ0n) is 12.2. The van der Waals surface area contributed by atoms with Crippen molar-refractivity contribution in [2.75, 3.05) is 0 Å². The molecule has 0 spiro atoms. The second-order valence-corrected chi connectivity index (χ2v) is 6.61. The third-order valence-electron chi connectivity index (χ3n) is 3.04. The molecule has 0 aromatic heterocycles. The molecule has 0 aliphatic rings. The number of hydrogen-bond donors (Lipinski definition) is 0. The molecule has 2 aromatic carbocycles. The lowest BCUT2D eigenvalue weighted by Gasteiger charge is -2.09. The highest BCUT2D eigenvalue weighted by Crippen LogP contribution is 2.31. The first-order chi connectivity index (χ1) is 9.45. The number of aryl methyl sites for hydroxylation is 4. The number of nitrogens with zero attached hydrogens (tertiary/aromatic N) is 1.